The van der Waals surface area contributed by atoms with Crippen LogP contribution in [0.4, 0.5) is 4.39 Å². The Balaban J connectivity index is 1.76. The lowest BCUT2D eigenvalue weighted by molar-refractivity contribution is 0.189. The van der Waals surface area contributed by atoms with Crippen molar-refractivity contribution in [3.63, 3.8) is 0 Å². The third-order valence-electron chi connectivity index (χ3n) is 2.72. The van der Waals surface area contributed by atoms with E-state index in [1.165, 1.54) is 29.5 Å². The number of ether oxygens (including phenoxy) is 1. The van der Waals surface area contributed by atoms with Crippen LogP contribution >= 0.6 is 22.9 Å². The maximum atomic E-state index is 13.1. The van der Waals surface area contributed by atoms with Gasteiger partial charge in [0.15, 0.2) is 6.10 Å². The zero-order valence-corrected chi connectivity index (χ0v) is 12.5. The fraction of sp³-hybridized carbons (Fsp3) is 0.143. The topological polar surface area (TPSA) is 48.2 Å². The van der Waals surface area contributed by atoms with Gasteiger partial charge in [-0.25, -0.2) is 4.39 Å². The van der Waals surface area contributed by atoms with Gasteiger partial charge in [0.2, 0.25) is 0 Å². The zero-order valence-electron chi connectivity index (χ0n) is 10.9. The molecule has 1 unspecified atom stereocenters. The first kappa shape index (κ1) is 14.0. The van der Waals surface area contributed by atoms with Gasteiger partial charge in [0.1, 0.15) is 11.6 Å². The molecule has 2 aromatic heterocycles. The van der Waals surface area contributed by atoms with Crippen molar-refractivity contribution >= 4 is 22.9 Å². The minimum absolute atomic E-state index is 0.00417. The van der Waals surface area contributed by atoms with Crippen LogP contribution in [0.2, 0.25) is 5.02 Å². The predicted molar refractivity (Wildman–Crippen MR) is 78.1 cm³/mol. The fourth-order valence-corrected chi connectivity index (χ4v) is 2.52. The summed E-state index contributed by atoms with van der Waals surface area (Å²) in [4.78, 5) is 0.894. The summed E-state index contributed by atoms with van der Waals surface area (Å²) < 4.78 is 24.3. The number of aromatic nitrogens is 2. The van der Waals surface area contributed by atoms with E-state index in [1.807, 2.05) is 17.5 Å². The van der Waals surface area contributed by atoms with Gasteiger partial charge < -0.3 is 9.15 Å². The second-order valence-corrected chi connectivity index (χ2v) is 5.61. The number of hydrogen-bond donors (Lipinski definition) is 0. The minimum Gasteiger partial charge on any atom is -0.481 e. The van der Waals surface area contributed by atoms with Crippen molar-refractivity contribution < 1.29 is 13.5 Å². The minimum atomic E-state index is -0.491. The van der Waals surface area contributed by atoms with Crippen molar-refractivity contribution in [2.75, 3.05) is 0 Å². The van der Waals surface area contributed by atoms with Crippen molar-refractivity contribution in [1.29, 1.82) is 0 Å². The van der Waals surface area contributed by atoms with E-state index in [9.17, 15) is 4.39 Å². The van der Waals surface area contributed by atoms with Crippen molar-refractivity contribution in [2.24, 2.45) is 0 Å². The Morgan fingerprint density at radius 1 is 1.33 bits per heavy atom. The van der Waals surface area contributed by atoms with Crippen LogP contribution in [0.1, 0.15) is 18.9 Å². The maximum absolute atomic E-state index is 13.1. The van der Waals surface area contributed by atoms with E-state index in [-0.39, 0.29) is 5.02 Å². The van der Waals surface area contributed by atoms with Crippen LogP contribution in [0.3, 0.4) is 0 Å². The first-order chi connectivity index (χ1) is 10.1. The van der Waals surface area contributed by atoms with E-state index in [0.717, 1.165) is 4.88 Å². The monoisotopic (exact) mass is 324 g/mol. The third kappa shape index (κ3) is 3.06. The molecule has 0 aliphatic heterocycles. The Labute approximate surface area is 129 Å². The lowest BCUT2D eigenvalue weighted by Gasteiger charge is -2.11. The van der Waals surface area contributed by atoms with Crippen LogP contribution in [0.5, 0.6) is 5.75 Å². The predicted octanol–water partition coefficient (Wildman–Crippen LogP) is 4.73. The third-order valence-corrected chi connectivity index (χ3v) is 3.87. The highest BCUT2D eigenvalue weighted by Crippen LogP contribution is 2.28. The normalized spacial score (nSPS) is 12.3. The molecule has 1 aromatic carbocycles. The second-order valence-electron chi connectivity index (χ2n) is 4.26. The molecule has 0 saturated carbocycles. The first-order valence-electron chi connectivity index (χ1n) is 6.12. The Hall–Kier alpha value is -1.92. The van der Waals surface area contributed by atoms with Gasteiger partial charge >= 0.3 is 0 Å². The van der Waals surface area contributed by atoms with Crippen LogP contribution in [0.25, 0.3) is 10.8 Å². The van der Waals surface area contributed by atoms with E-state index in [1.54, 1.807) is 6.92 Å². The molecular weight excluding hydrogens is 315 g/mol. The molecule has 108 valence electrons. The molecular formula is C14H10ClFN2O2S. The van der Waals surface area contributed by atoms with Crippen molar-refractivity contribution in [3.05, 3.63) is 52.4 Å². The van der Waals surface area contributed by atoms with Gasteiger partial charge in [0, 0.05) is 6.07 Å². The molecule has 0 radical (unpaired) electrons. The van der Waals surface area contributed by atoms with Crippen LogP contribution < -0.4 is 4.74 Å². The molecule has 2 heterocycles. The highest BCUT2D eigenvalue weighted by molar-refractivity contribution is 7.13. The average molecular weight is 325 g/mol. The van der Waals surface area contributed by atoms with E-state index in [0.29, 0.717) is 17.5 Å². The Kier molecular flexibility index (Phi) is 3.90. The molecule has 0 N–H and O–H groups in total. The average Bonchev–Trinajstić information content (AvgIpc) is 3.12. The van der Waals surface area contributed by atoms with Crippen molar-refractivity contribution in [3.8, 4) is 16.5 Å². The molecule has 7 heteroatoms. The highest BCUT2D eigenvalue weighted by Gasteiger charge is 2.17. The Bertz CT molecular complexity index is 745. The van der Waals surface area contributed by atoms with Crippen LogP contribution in [-0.4, -0.2) is 10.2 Å². The van der Waals surface area contributed by atoms with E-state index in [2.05, 4.69) is 10.2 Å². The molecule has 0 aliphatic rings. The van der Waals surface area contributed by atoms with Gasteiger partial charge in [0.25, 0.3) is 11.8 Å². The van der Waals surface area contributed by atoms with E-state index in [4.69, 9.17) is 20.8 Å². The quantitative estimate of drug-likeness (QED) is 0.696. The smallest absolute Gasteiger partial charge is 0.257 e. The van der Waals surface area contributed by atoms with E-state index < -0.39 is 11.9 Å². The number of benzene rings is 1. The zero-order chi connectivity index (χ0) is 14.8. The van der Waals surface area contributed by atoms with Crippen LogP contribution in [0, 0.1) is 5.82 Å². The number of thiophene rings is 1. The molecule has 21 heavy (non-hydrogen) atoms. The van der Waals surface area contributed by atoms with Gasteiger partial charge in [-0.1, -0.05) is 17.7 Å². The summed E-state index contributed by atoms with van der Waals surface area (Å²) in [6, 6.07) is 7.95. The fourth-order valence-electron chi connectivity index (χ4n) is 1.70. The van der Waals surface area contributed by atoms with Gasteiger partial charge in [-0.15, -0.1) is 21.5 Å². The lowest BCUT2D eigenvalue weighted by atomic mass is 10.3. The second kappa shape index (κ2) is 5.83. The highest BCUT2D eigenvalue weighted by atomic mass is 35.5. The molecule has 0 bridgehead atoms. The molecule has 3 rings (SSSR count). The molecule has 4 nitrogen and oxygen atoms in total. The largest absolute Gasteiger partial charge is 0.481 e. The number of nitrogens with zero attached hydrogens (tertiary/aromatic N) is 2. The summed E-state index contributed by atoms with van der Waals surface area (Å²) in [5, 5.41) is 9.88. The first-order valence-corrected chi connectivity index (χ1v) is 7.38. The van der Waals surface area contributed by atoms with Crippen molar-refractivity contribution in [2.45, 2.75) is 13.0 Å². The summed E-state index contributed by atoms with van der Waals surface area (Å²) in [6.45, 7) is 1.77. The molecule has 0 fully saturated rings. The lowest BCUT2D eigenvalue weighted by Crippen LogP contribution is -2.03. The number of hydrogen-bond acceptors (Lipinski definition) is 5. The number of halogens is 2. The Morgan fingerprint density at radius 3 is 2.90 bits per heavy atom. The summed E-state index contributed by atoms with van der Waals surface area (Å²) in [5.74, 6) is 0.741. The molecule has 3 aromatic rings. The van der Waals surface area contributed by atoms with Crippen LogP contribution in [0.15, 0.2) is 40.1 Å². The maximum Gasteiger partial charge on any atom is 0.257 e. The van der Waals surface area contributed by atoms with Gasteiger partial charge in [0.05, 0.1) is 9.90 Å². The van der Waals surface area contributed by atoms with Gasteiger partial charge in [-0.3, -0.25) is 0 Å². The standard InChI is InChI=1S/C14H10ClFN2O2S/c1-8(19-9-4-5-11(16)10(15)7-9)13-17-18-14(20-13)12-3-2-6-21-12/h2-8H,1H3. The van der Waals surface area contributed by atoms with Gasteiger partial charge in [-0.2, -0.15) is 0 Å². The summed E-state index contributed by atoms with van der Waals surface area (Å²) in [5.41, 5.74) is 0. The SMILES string of the molecule is CC(Oc1ccc(F)c(Cl)c1)c1nnc(-c2cccs2)o1. The summed E-state index contributed by atoms with van der Waals surface area (Å²) in [6.07, 6.45) is -0.465. The van der Waals surface area contributed by atoms with E-state index >= 15 is 0 Å². The molecule has 0 saturated heterocycles. The number of rotatable bonds is 4. The Morgan fingerprint density at radius 2 is 2.19 bits per heavy atom. The molecule has 1 atom stereocenters. The van der Waals surface area contributed by atoms with Crippen LogP contribution in [-0.2, 0) is 0 Å². The molecule has 0 spiro atoms. The summed E-state index contributed by atoms with van der Waals surface area (Å²) in [7, 11) is 0. The molecule has 0 aliphatic carbocycles. The van der Waals surface area contributed by atoms with Crippen molar-refractivity contribution in [1.82, 2.24) is 10.2 Å². The summed E-state index contributed by atoms with van der Waals surface area (Å²) >= 11 is 7.22. The molecule has 0 amide bonds. The van der Waals surface area contributed by atoms with Gasteiger partial charge in [-0.05, 0) is 30.5 Å².